The molecule has 0 bridgehead atoms. The molecule has 9 heavy (non-hydrogen) atoms. The fraction of sp³-hybridized carbons (Fsp3) is 0.250. The van der Waals surface area contributed by atoms with Gasteiger partial charge in [-0.05, 0) is 61.1 Å². The van der Waals surface area contributed by atoms with Crippen LogP contribution in [0.15, 0.2) is 6.07 Å². The molecule has 0 spiro atoms. The summed E-state index contributed by atoms with van der Waals surface area (Å²) in [4.78, 5) is 10.7. The third-order valence-electron chi connectivity index (χ3n) is 0.592. The summed E-state index contributed by atoms with van der Waals surface area (Å²) in [6, 6.07) is 0. The van der Waals surface area contributed by atoms with Crippen LogP contribution in [0.5, 0.6) is 0 Å². The highest BCUT2D eigenvalue weighted by molar-refractivity contribution is 14.1. The average Bonchev–Trinajstić information content (AvgIpc) is 1.84. The van der Waals surface area contributed by atoms with Crippen molar-refractivity contribution in [2.75, 3.05) is 7.05 Å². The Balaban J connectivity index is 4.21. The van der Waals surface area contributed by atoms with Gasteiger partial charge in [0.2, 0.25) is 0 Å². The van der Waals surface area contributed by atoms with Crippen LogP contribution in [0.25, 0.3) is 0 Å². The van der Waals surface area contributed by atoms with E-state index >= 15 is 0 Å². The second kappa shape index (κ2) is 4.89. The smallest absolute Gasteiger partial charge is 0.258 e. The minimum absolute atomic E-state index is 0.0584. The van der Waals surface area contributed by atoms with Gasteiger partial charge in [0.15, 0.2) is 0 Å². The summed E-state index contributed by atoms with van der Waals surface area (Å²) in [6.07, 6.45) is 0. The number of nitrogens with one attached hydrogen (secondary N) is 1. The van der Waals surface area contributed by atoms with Crippen molar-refractivity contribution in [2.24, 2.45) is 0 Å². The molecular weight excluding hydrogens is 412 g/mol. The van der Waals surface area contributed by atoms with Crippen LogP contribution in [-0.2, 0) is 4.79 Å². The summed E-state index contributed by atoms with van der Waals surface area (Å²) in [5, 5.41) is 2.51. The van der Waals surface area contributed by atoms with Crippen molar-refractivity contribution in [1.29, 1.82) is 0 Å². The molecule has 0 aliphatic heterocycles. The van der Waals surface area contributed by atoms with Gasteiger partial charge in [-0.1, -0.05) is 0 Å². The Kier molecular flexibility index (Phi) is 5.51. The van der Waals surface area contributed by atoms with Gasteiger partial charge < -0.3 is 5.32 Å². The Morgan fingerprint density at radius 3 is 2.11 bits per heavy atom. The molecule has 52 valence electrons. The maximum atomic E-state index is 10.7. The van der Waals surface area contributed by atoms with E-state index < -0.39 is 0 Å². The molecule has 0 aromatic carbocycles. The van der Waals surface area contributed by atoms with Gasteiger partial charge in [0.1, 0.15) is 0 Å². The van der Waals surface area contributed by atoms with E-state index in [9.17, 15) is 4.79 Å². The average molecular weight is 416 g/mol. The molecule has 1 amide bonds. The second-order valence-electron chi connectivity index (χ2n) is 1.15. The van der Waals surface area contributed by atoms with Gasteiger partial charge in [0, 0.05) is 7.05 Å². The van der Waals surface area contributed by atoms with Crippen LogP contribution in [0.2, 0.25) is 0 Å². The highest BCUT2D eigenvalue weighted by atomic mass is 127. The van der Waals surface area contributed by atoms with Gasteiger partial charge in [0.25, 0.3) is 5.91 Å². The number of carbonyl (C=O) groups excluding carboxylic acids is 1. The molecule has 0 aliphatic carbocycles. The summed E-state index contributed by atoms with van der Waals surface area (Å²) >= 11 is 7.18. The minimum Gasteiger partial charge on any atom is -0.355 e. The lowest BCUT2D eigenvalue weighted by Crippen LogP contribution is -2.17. The van der Waals surface area contributed by atoms with E-state index in [0.717, 1.165) is 2.49 Å². The first-order chi connectivity index (χ1) is 4.09. The lowest BCUT2D eigenvalue weighted by Gasteiger charge is -1.95. The Hall–Kier alpha value is 1.15. The standard InChI is InChI=1S/C4H4BrI2NO/c1-8-4(9)2(6)3(5)7/h1H3,(H,8,9)/b3-2+. The maximum absolute atomic E-state index is 10.7. The summed E-state index contributed by atoms with van der Waals surface area (Å²) < 4.78 is 1.51. The number of hydrogen-bond acceptors (Lipinski definition) is 1. The number of halogens is 3. The Morgan fingerprint density at radius 1 is 1.56 bits per heavy atom. The molecule has 0 aromatic rings. The monoisotopic (exact) mass is 415 g/mol. The van der Waals surface area contributed by atoms with Gasteiger partial charge in [0.05, 0.1) is 6.07 Å². The van der Waals surface area contributed by atoms with E-state index in [4.69, 9.17) is 0 Å². The molecule has 0 atom stereocenters. The third kappa shape index (κ3) is 3.76. The SMILES string of the molecule is CNC(=O)/C(I)=C(/Br)I. The number of carbonyl (C=O) groups is 1. The van der Waals surface area contributed by atoms with Gasteiger partial charge in [-0.3, -0.25) is 4.79 Å². The van der Waals surface area contributed by atoms with E-state index in [0.29, 0.717) is 3.58 Å². The Morgan fingerprint density at radius 2 is 2.00 bits per heavy atom. The predicted octanol–water partition coefficient (Wildman–Crippen LogP) is 2.17. The first kappa shape index (κ1) is 10.2. The molecule has 1 N–H and O–H groups in total. The molecule has 0 heterocycles. The van der Waals surface area contributed by atoms with Crippen LogP contribution < -0.4 is 5.32 Å². The Labute approximate surface area is 89.2 Å². The third-order valence-corrected chi connectivity index (χ3v) is 4.33. The largest absolute Gasteiger partial charge is 0.355 e. The Bertz CT molecular complexity index is 153. The molecule has 2 nitrogen and oxygen atoms in total. The highest BCUT2D eigenvalue weighted by Gasteiger charge is 2.04. The van der Waals surface area contributed by atoms with Crippen molar-refractivity contribution in [3.63, 3.8) is 0 Å². The van der Waals surface area contributed by atoms with E-state index in [1.807, 2.05) is 45.2 Å². The van der Waals surface area contributed by atoms with Crippen molar-refractivity contribution in [2.45, 2.75) is 0 Å². The zero-order valence-electron chi connectivity index (χ0n) is 4.54. The van der Waals surface area contributed by atoms with E-state index in [2.05, 4.69) is 21.2 Å². The van der Waals surface area contributed by atoms with Gasteiger partial charge in [-0.2, -0.15) is 0 Å². The van der Waals surface area contributed by atoms with Crippen molar-refractivity contribution in [3.8, 4) is 0 Å². The van der Waals surface area contributed by atoms with Crippen LogP contribution in [0, 0.1) is 0 Å². The molecular formula is C4H4BrI2NO. The molecule has 0 aromatic heterocycles. The molecule has 0 saturated carbocycles. The van der Waals surface area contributed by atoms with Crippen LogP contribution in [0.1, 0.15) is 0 Å². The fourth-order valence-electron chi connectivity index (χ4n) is 0.196. The van der Waals surface area contributed by atoms with E-state index in [1.165, 1.54) is 0 Å². The molecule has 0 saturated heterocycles. The predicted molar refractivity (Wildman–Crippen MR) is 58.1 cm³/mol. The minimum atomic E-state index is -0.0584. The van der Waals surface area contributed by atoms with Crippen LogP contribution in [-0.4, -0.2) is 13.0 Å². The zero-order valence-corrected chi connectivity index (χ0v) is 10.4. The summed E-state index contributed by atoms with van der Waals surface area (Å²) in [5.74, 6) is -0.0584. The maximum Gasteiger partial charge on any atom is 0.258 e. The van der Waals surface area contributed by atoms with Crippen molar-refractivity contribution in [1.82, 2.24) is 5.32 Å². The quantitative estimate of drug-likeness (QED) is 0.516. The summed E-state index contributed by atoms with van der Waals surface area (Å²) in [5.41, 5.74) is 0. The van der Waals surface area contributed by atoms with Gasteiger partial charge in [-0.25, -0.2) is 0 Å². The summed E-state index contributed by atoms with van der Waals surface area (Å²) in [7, 11) is 1.60. The van der Waals surface area contributed by atoms with Crippen molar-refractivity contribution >= 4 is 67.0 Å². The van der Waals surface area contributed by atoms with E-state index in [1.54, 1.807) is 7.05 Å². The lowest BCUT2D eigenvalue weighted by atomic mass is 10.6. The first-order valence-corrected chi connectivity index (χ1v) is 4.97. The van der Waals surface area contributed by atoms with E-state index in [-0.39, 0.29) is 5.91 Å². The number of rotatable bonds is 1. The number of hydrogen-bond donors (Lipinski definition) is 1. The van der Waals surface area contributed by atoms with Crippen LogP contribution in [0.3, 0.4) is 0 Å². The second-order valence-corrected chi connectivity index (χ2v) is 5.59. The van der Waals surface area contributed by atoms with Gasteiger partial charge >= 0.3 is 0 Å². The summed E-state index contributed by atoms with van der Waals surface area (Å²) in [6.45, 7) is 0. The van der Waals surface area contributed by atoms with Gasteiger partial charge in [-0.15, -0.1) is 0 Å². The topological polar surface area (TPSA) is 29.1 Å². The molecule has 0 fully saturated rings. The molecule has 5 heteroatoms. The lowest BCUT2D eigenvalue weighted by molar-refractivity contribution is -0.116. The van der Waals surface area contributed by atoms with Crippen molar-refractivity contribution in [3.05, 3.63) is 6.07 Å². The molecule has 0 radical (unpaired) electrons. The highest BCUT2D eigenvalue weighted by Crippen LogP contribution is 2.24. The number of likely N-dealkylation sites (N-methyl/N-ethyl adjacent to an activating group) is 1. The zero-order chi connectivity index (χ0) is 7.44. The normalized spacial score (nSPS) is 12.4. The van der Waals surface area contributed by atoms with Crippen LogP contribution in [0.4, 0.5) is 0 Å². The van der Waals surface area contributed by atoms with Crippen molar-refractivity contribution < 1.29 is 4.79 Å². The fourth-order valence-corrected chi connectivity index (χ4v) is 0.890. The molecule has 0 unspecified atom stereocenters. The molecule has 0 rings (SSSR count). The molecule has 0 aliphatic rings. The first-order valence-electron chi connectivity index (χ1n) is 2.02. The van der Waals surface area contributed by atoms with Crippen LogP contribution >= 0.6 is 61.1 Å². The number of amides is 1.